The Bertz CT molecular complexity index is 853. The fourth-order valence-corrected chi connectivity index (χ4v) is 3.21. The molecule has 2 aromatic heterocycles. The van der Waals surface area contributed by atoms with Crippen molar-refractivity contribution in [2.45, 2.75) is 26.1 Å². The molecular weight excluding hydrogens is 309 g/mol. The van der Waals surface area contributed by atoms with Gasteiger partial charge >= 0.3 is 0 Å². The maximum atomic E-state index is 13.1. The molecule has 1 fully saturated rings. The molecule has 24 heavy (non-hydrogen) atoms. The van der Waals surface area contributed by atoms with E-state index >= 15 is 0 Å². The number of halogens is 1. The van der Waals surface area contributed by atoms with E-state index in [1.807, 2.05) is 0 Å². The van der Waals surface area contributed by atoms with Gasteiger partial charge in [-0.15, -0.1) is 0 Å². The van der Waals surface area contributed by atoms with Gasteiger partial charge in [0.05, 0.1) is 29.5 Å². The summed E-state index contributed by atoms with van der Waals surface area (Å²) in [5, 5.41) is 5.30. The summed E-state index contributed by atoms with van der Waals surface area (Å²) in [7, 11) is 0. The molecule has 1 aliphatic rings. The summed E-state index contributed by atoms with van der Waals surface area (Å²) in [5.41, 5.74) is 1.47. The Morgan fingerprint density at radius 2 is 1.79 bits per heavy atom. The number of rotatable bonds is 2. The van der Waals surface area contributed by atoms with E-state index in [0.29, 0.717) is 5.65 Å². The number of hydrogen-bond donors (Lipinski definition) is 0. The molecule has 4 rings (SSSR count). The normalized spacial score (nSPS) is 21.4. The molecule has 6 nitrogen and oxygen atoms in total. The van der Waals surface area contributed by atoms with Crippen LogP contribution in [-0.2, 0) is 4.74 Å². The molecule has 0 amide bonds. The van der Waals surface area contributed by atoms with E-state index in [2.05, 4.69) is 33.8 Å². The predicted molar refractivity (Wildman–Crippen MR) is 88.8 cm³/mol. The molecule has 1 saturated heterocycles. The zero-order valence-corrected chi connectivity index (χ0v) is 13.6. The van der Waals surface area contributed by atoms with Crippen LogP contribution < -0.4 is 4.90 Å². The van der Waals surface area contributed by atoms with Gasteiger partial charge in [0.1, 0.15) is 18.0 Å². The van der Waals surface area contributed by atoms with Crippen LogP contribution >= 0.6 is 0 Å². The van der Waals surface area contributed by atoms with Gasteiger partial charge in [-0.1, -0.05) is 0 Å². The van der Waals surface area contributed by atoms with Crippen LogP contribution in [0.15, 0.2) is 36.8 Å². The molecule has 0 radical (unpaired) electrons. The topological polar surface area (TPSA) is 56.1 Å². The van der Waals surface area contributed by atoms with Crippen LogP contribution in [0, 0.1) is 5.82 Å². The number of benzene rings is 1. The third-order valence-corrected chi connectivity index (χ3v) is 4.14. The zero-order valence-electron chi connectivity index (χ0n) is 13.6. The van der Waals surface area contributed by atoms with E-state index in [-0.39, 0.29) is 18.0 Å². The van der Waals surface area contributed by atoms with Crippen LogP contribution in [0.1, 0.15) is 13.8 Å². The Morgan fingerprint density at radius 1 is 1.08 bits per heavy atom. The second-order valence-corrected chi connectivity index (χ2v) is 6.13. The molecule has 0 N–H and O–H groups in total. The highest BCUT2D eigenvalue weighted by molar-refractivity contribution is 5.87. The predicted octanol–water partition coefficient (Wildman–Crippen LogP) is 2.57. The van der Waals surface area contributed by atoms with E-state index in [4.69, 9.17) is 4.74 Å². The van der Waals surface area contributed by atoms with Crippen LogP contribution in [0.4, 0.5) is 10.2 Å². The van der Waals surface area contributed by atoms with Gasteiger partial charge in [0.25, 0.3) is 0 Å². The molecule has 7 heteroatoms. The van der Waals surface area contributed by atoms with Crippen molar-refractivity contribution in [3.05, 3.63) is 42.6 Å². The lowest BCUT2D eigenvalue weighted by Crippen LogP contribution is -2.45. The summed E-state index contributed by atoms with van der Waals surface area (Å²) in [6, 6.07) is 6.19. The minimum absolute atomic E-state index is 0.144. The minimum Gasteiger partial charge on any atom is -0.372 e. The summed E-state index contributed by atoms with van der Waals surface area (Å²) in [5.74, 6) is 0.581. The Balaban J connectivity index is 1.78. The monoisotopic (exact) mass is 327 g/mol. The van der Waals surface area contributed by atoms with Crippen LogP contribution in [0.5, 0.6) is 0 Å². The van der Waals surface area contributed by atoms with E-state index in [9.17, 15) is 4.39 Å². The van der Waals surface area contributed by atoms with Crippen molar-refractivity contribution in [1.82, 2.24) is 19.7 Å². The van der Waals surface area contributed by atoms with E-state index in [1.54, 1.807) is 29.3 Å². The Labute approximate surface area is 138 Å². The largest absolute Gasteiger partial charge is 0.372 e. The number of anilines is 1. The zero-order chi connectivity index (χ0) is 16.7. The Morgan fingerprint density at radius 3 is 2.50 bits per heavy atom. The molecule has 1 aromatic carbocycles. The molecular formula is C17H18FN5O. The van der Waals surface area contributed by atoms with Crippen LogP contribution in [0.3, 0.4) is 0 Å². The first-order chi connectivity index (χ1) is 11.6. The molecule has 124 valence electrons. The van der Waals surface area contributed by atoms with Gasteiger partial charge < -0.3 is 9.64 Å². The molecule has 3 heterocycles. The van der Waals surface area contributed by atoms with Crippen molar-refractivity contribution in [2.24, 2.45) is 0 Å². The molecule has 1 aliphatic heterocycles. The van der Waals surface area contributed by atoms with Crippen molar-refractivity contribution < 1.29 is 9.13 Å². The molecule has 2 atom stereocenters. The first kappa shape index (κ1) is 15.0. The third kappa shape index (κ3) is 2.60. The lowest BCUT2D eigenvalue weighted by molar-refractivity contribution is -0.00537. The molecule has 0 aliphatic carbocycles. The molecule has 0 saturated carbocycles. The summed E-state index contributed by atoms with van der Waals surface area (Å²) in [6.45, 7) is 5.67. The van der Waals surface area contributed by atoms with E-state index in [0.717, 1.165) is 30.0 Å². The number of aromatic nitrogens is 4. The van der Waals surface area contributed by atoms with Crippen molar-refractivity contribution in [1.29, 1.82) is 0 Å². The second-order valence-electron chi connectivity index (χ2n) is 6.13. The Hall–Kier alpha value is -2.54. The number of nitrogens with zero attached hydrogens (tertiary/aromatic N) is 5. The smallest absolute Gasteiger partial charge is 0.168 e. The van der Waals surface area contributed by atoms with Gasteiger partial charge in [0.2, 0.25) is 0 Å². The van der Waals surface area contributed by atoms with Crippen LogP contribution in [-0.4, -0.2) is 45.0 Å². The lowest BCUT2D eigenvalue weighted by Gasteiger charge is -2.36. The van der Waals surface area contributed by atoms with Gasteiger partial charge in [-0.05, 0) is 38.1 Å². The van der Waals surface area contributed by atoms with Gasteiger partial charge in [-0.3, -0.25) is 0 Å². The van der Waals surface area contributed by atoms with Crippen molar-refractivity contribution in [3.63, 3.8) is 0 Å². The number of ether oxygens (including phenoxy) is 1. The fraction of sp³-hybridized carbons (Fsp3) is 0.353. The van der Waals surface area contributed by atoms with Crippen molar-refractivity contribution in [3.8, 4) is 5.69 Å². The molecule has 0 bridgehead atoms. The Kier molecular flexibility index (Phi) is 3.65. The van der Waals surface area contributed by atoms with E-state index < -0.39 is 0 Å². The molecule has 2 unspecified atom stereocenters. The summed E-state index contributed by atoms with van der Waals surface area (Å²) in [6.07, 6.45) is 3.60. The van der Waals surface area contributed by atoms with Gasteiger partial charge in [-0.25, -0.2) is 19.0 Å². The third-order valence-electron chi connectivity index (χ3n) is 4.14. The highest BCUT2D eigenvalue weighted by Gasteiger charge is 2.25. The second kappa shape index (κ2) is 5.83. The molecule has 3 aromatic rings. The number of hydrogen-bond acceptors (Lipinski definition) is 5. The average Bonchev–Trinajstić information content (AvgIpc) is 2.98. The number of morpholine rings is 1. The summed E-state index contributed by atoms with van der Waals surface area (Å²) in [4.78, 5) is 11.0. The maximum absolute atomic E-state index is 13.1. The lowest BCUT2D eigenvalue weighted by atomic mass is 10.2. The SMILES string of the molecule is CC1CN(c2ncnc3c2cnn3-c2ccc(F)cc2)CC(C)O1. The average molecular weight is 327 g/mol. The highest BCUT2D eigenvalue weighted by Crippen LogP contribution is 2.27. The van der Waals surface area contributed by atoms with Crippen molar-refractivity contribution >= 4 is 16.9 Å². The first-order valence-electron chi connectivity index (χ1n) is 7.97. The van der Waals surface area contributed by atoms with Gasteiger partial charge in [0, 0.05) is 13.1 Å². The first-order valence-corrected chi connectivity index (χ1v) is 7.97. The molecule has 0 spiro atoms. The van der Waals surface area contributed by atoms with Gasteiger partial charge in [-0.2, -0.15) is 5.10 Å². The summed E-state index contributed by atoms with van der Waals surface area (Å²) >= 11 is 0. The quantitative estimate of drug-likeness (QED) is 0.724. The minimum atomic E-state index is -0.276. The van der Waals surface area contributed by atoms with Crippen LogP contribution in [0.2, 0.25) is 0 Å². The van der Waals surface area contributed by atoms with E-state index in [1.165, 1.54) is 12.1 Å². The van der Waals surface area contributed by atoms with Gasteiger partial charge in [0.15, 0.2) is 5.65 Å². The maximum Gasteiger partial charge on any atom is 0.168 e. The standard InChI is InChI=1S/C17H18FN5O/c1-11-8-22(9-12(2)24-11)16-15-7-21-23(17(15)20-10-19-16)14-5-3-13(18)4-6-14/h3-7,10-12H,8-9H2,1-2H3. The highest BCUT2D eigenvalue weighted by atomic mass is 19.1. The van der Waals surface area contributed by atoms with Crippen molar-refractivity contribution in [2.75, 3.05) is 18.0 Å². The number of fused-ring (bicyclic) bond motifs is 1. The van der Waals surface area contributed by atoms with Crippen LogP contribution in [0.25, 0.3) is 16.7 Å². The summed E-state index contributed by atoms with van der Waals surface area (Å²) < 4.78 is 20.6. The fourth-order valence-electron chi connectivity index (χ4n) is 3.21.